The number of rotatable bonds is 3. The Balaban J connectivity index is 3.21. The highest BCUT2D eigenvalue weighted by atomic mass is 19.4. The summed E-state index contributed by atoms with van der Waals surface area (Å²) in [7, 11) is 1.25. The van der Waals surface area contributed by atoms with Crippen molar-refractivity contribution in [2.45, 2.75) is 20.0 Å². The Labute approximate surface area is 89.0 Å². The van der Waals surface area contributed by atoms with Gasteiger partial charge in [-0.3, -0.25) is 0 Å². The number of halogens is 4. The second-order valence-electron chi connectivity index (χ2n) is 2.93. The van der Waals surface area contributed by atoms with Crippen molar-refractivity contribution in [1.82, 2.24) is 4.98 Å². The molecule has 0 unspecified atom stereocenters. The number of alkyl halides is 4. The summed E-state index contributed by atoms with van der Waals surface area (Å²) in [6, 6.07) is 0. The van der Waals surface area contributed by atoms with E-state index in [1.165, 1.54) is 14.0 Å². The number of methoxy groups -OCH3 is 1. The van der Waals surface area contributed by atoms with Crippen LogP contribution in [0.5, 0.6) is 11.6 Å². The minimum atomic E-state index is -4.87. The molecular formula is C9H9F4NO2. The quantitative estimate of drug-likeness (QED) is 0.760. The van der Waals surface area contributed by atoms with Gasteiger partial charge < -0.3 is 9.47 Å². The number of aromatic nitrogens is 1. The maximum absolute atomic E-state index is 12.4. The molecule has 0 saturated carbocycles. The van der Waals surface area contributed by atoms with Gasteiger partial charge in [-0.2, -0.15) is 0 Å². The molecular weight excluding hydrogens is 230 g/mol. The van der Waals surface area contributed by atoms with Gasteiger partial charge in [0.1, 0.15) is 12.4 Å². The van der Waals surface area contributed by atoms with E-state index < -0.39 is 18.8 Å². The molecule has 0 aliphatic heterocycles. The molecule has 0 aliphatic carbocycles. The molecule has 7 heteroatoms. The Morgan fingerprint density at radius 3 is 2.44 bits per heavy atom. The van der Waals surface area contributed by atoms with Gasteiger partial charge >= 0.3 is 6.36 Å². The van der Waals surface area contributed by atoms with Crippen LogP contribution in [0.3, 0.4) is 0 Å². The van der Waals surface area contributed by atoms with E-state index in [1.807, 2.05) is 0 Å². The van der Waals surface area contributed by atoms with E-state index in [2.05, 4.69) is 9.72 Å². The summed E-state index contributed by atoms with van der Waals surface area (Å²) < 4.78 is 57.1. The zero-order valence-electron chi connectivity index (χ0n) is 8.56. The fourth-order valence-electron chi connectivity index (χ4n) is 1.19. The molecule has 0 spiro atoms. The smallest absolute Gasteiger partial charge is 0.481 e. The number of nitrogens with zero attached hydrogens (tertiary/aromatic N) is 1. The van der Waals surface area contributed by atoms with Crippen molar-refractivity contribution in [3.05, 3.63) is 17.3 Å². The molecule has 0 atom stereocenters. The summed E-state index contributed by atoms with van der Waals surface area (Å²) in [4.78, 5) is 3.65. The van der Waals surface area contributed by atoms with Crippen molar-refractivity contribution in [2.24, 2.45) is 0 Å². The van der Waals surface area contributed by atoms with Crippen LogP contribution in [-0.4, -0.2) is 18.5 Å². The highest BCUT2D eigenvalue weighted by Gasteiger charge is 2.33. The predicted octanol–water partition coefficient (Wildman–Crippen LogP) is 2.77. The summed E-state index contributed by atoms with van der Waals surface area (Å²) in [5, 5.41) is 0. The Kier molecular flexibility index (Phi) is 3.56. The molecule has 1 aromatic heterocycles. The number of pyridine rings is 1. The molecule has 16 heavy (non-hydrogen) atoms. The van der Waals surface area contributed by atoms with Crippen molar-refractivity contribution in [3.8, 4) is 11.6 Å². The van der Waals surface area contributed by atoms with Crippen LogP contribution < -0.4 is 9.47 Å². The second-order valence-corrected chi connectivity index (χ2v) is 2.93. The zero-order chi connectivity index (χ0) is 12.3. The van der Waals surface area contributed by atoms with E-state index in [4.69, 9.17) is 4.74 Å². The SMILES string of the molecule is COc1ncc(CF)c(OC(F)(F)F)c1C. The Morgan fingerprint density at radius 1 is 1.38 bits per heavy atom. The highest BCUT2D eigenvalue weighted by Crippen LogP contribution is 2.33. The minimum Gasteiger partial charge on any atom is -0.481 e. The molecule has 1 aromatic rings. The Morgan fingerprint density at radius 2 is 2.00 bits per heavy atom. The largest absolute Gasteiger partial charge is 0.573 e. The van der Waals surface area contributed by atoms with E-state index in [0.717, 1.165) is 6.20 Å². The summed E-state index contributed by atoms with van der Waals surface area (Å²) in [6.45, 7) is 0.218. The molecule has 0 saturated heterocycles. The lowest BCUT2D eigenvalue weighted by Gasteiger charge is -2.15. The third-order valence-electron chi connectivity index (χ3n) is 1.85. The molecule has 0 radical (unpaired) electrons. The zero-order valence-corrected chi connectivity index (χ0v) is 8.56. The van der Waals surface area contributed by atoms with Crippen molar-refractivity contribution in [1.29, 1.82) is 0 Å². The van der Waals surface area contributed by atoms with Crippen molar-refractivity contribution in [3.63, 3.8) is 0 Å². The van der Waals surface area contributed by atoms with Gasteiger partial charge in [0.05, 0.1) is 12.7 Å². The van der Waals surface area contributed by atoms with Crippen LogP contribution in [0.1, 0.15) is 11.1 Å². The molecule has 0 fully saturated rings. The minimum absolute atomic E-state index is 0.00924. The monoisotopic (exact) mass is 239 g/mol. The lowest BCUT2D eigenvalue weighted by atomic mass is 10.2. The van der Waals surface area contributed by atoms with Gasteiger partial charge in [-0.1, -0.05) is 0 Å². The summed E-state index contributed by atoms with van der Waals surface area (Å²) in [5.74, 6) is -0.627. The van der Waals surface area contributed by atoms with Gasteiger partial charge in [-0.25, -0.2) is 9.37 Å². The van der Waals surface area contributed by atoms with Crippen LogP contribution in [-0.2, 0) is 6.67 Å². The van der Waals surface area contributed by atoms with Gasteiger partial charge in [-0.15, -0.1) is 13.2 Å². The summed E-state index contributed by atoms with van der Waals surface area (Å²) in [6.07, 6.45) is -3.92. The number of hydrogen-bond acceptors (Lipinski definition) is 3. The van der Waals surface area contributed by atoms with Crippen LogP contribution in [0.4, 0.5) is 17.6 Å². The van der Waals surface area contributed by atoms with E-state index >= 15 is 0 Å². The van der Waals surface area contributed by atoms with Crippen molar-refractivity contribution >= 4 is 0 Å². The standard InChI is InChI=1S/C9H9F4NO2/c1-5-7(16-9(11,12)13)6(3-10)4-14-8(5)15-2/h4H,3H2,1-2H3. The first kappa shape index (κ1) is 12.5. The molecule has 90 valence electrons. The van der Waals surface area contributed by atoms with Crippen molar-refractivity contribution < 1.29 is 27.0 Å². The first-order chi connectivity index (χ1) is 7.39. The fraction of sp³-hybridized carbons (Fsp3) is 0.444. The normalized spacial score (nSPS) is 11.4. The van der Waals surface area contributed by atoms with E-state index in [-0.39, 0.29) is 17.0 Å². The molecule has 1 heterocycles. The lowest BCUT2D eigenvalue weighted by molar-refractivity contribution is -0.275. The molecule has 1 rings (SSSR count). The van der Waals surface area contributed by atoms with Crippen LogP contribution in [0.25, 0.3) is 0 Å². The van der Waals surface area contributed by atoms with Crippen LogP contribution in [0.15, 0.2) is 6.20 Å². The summed E-state index contributed by atoms with van der Waals surface area (Å²) >= 11 is 0. The average Bonchev–Trinajstić information content (AvgIpc) is 2.19. The van der Waals surface area contributed by atoms with E-state index in [1.54, 1.807) is 0 Å². The first-order valence-electron chi connectivity index (χ1n) is 4.23. The number of hydrogen-bond donors (Lipinski definition) is 0. The maximum Gasteiger partial charge on any atom is 0.573 e. The Hall–Kier alpha value is -1.53. The molecule has 0 N–H and O–H groups in total. The molecule has 3 nitrogen and oxygen atoms in total. The average molecular weight is 239 g/mol. The van der Waals surface area contributed by atoms with Gasteiger partial charge in [-0.05, 0) is 6.92 Å². The lowest BCUT2D eigenvalue weighted by Crippen LogP contribution is -2.19. The third-order valence-corrected chi connectivity index (χ3v) is 1.85. The van der Waals surface area contributed by atoms with Crippen molar-refractivity contribution in [2.75, 3.05) is 7.11 Å². The van der Waals surface area contributed by atoms with Crippen LogP contribution in [0.2, 0.25) is 0 Å². The fourth-order valence-corrected chi connectivity index (χ4v) is 1.19. The molecule has 0 aromatic carbocycles. The van der Waals surface area contributed by atoms with Gasteiger partial charge in [0.2, 0.25) is 5.88 Å². The molecule has 0 aliphatic rings. The number of ether oxygens (including phenoxy) is 2. The van der Waals surface area contributed by atoms with E-state index in [0.29, 0.717) is 0 Å². The maximum atomic E-state index is 12.4. The predicted molar refractivity (Wildman–Crippen MR) is 47.0 cm³/mol. The second kappa shape index (κ2) is 4.54. The first-order valence-corrected chi connectivity index (χ1v) is 4.23. The van der Waals surface area contributed by atoms with Gasteiger partial charge in [0, 0.05) is 11.8 Å². The van der Waals surface area contributed by atoms with Gasteiger partial charge in [0.15, 0.2) is 0 Å². The van der Waals surface area contributed by atoms with Crippen LogP contribution in [0, 0.1) is 6.92 Å². The Bertz CT molecular complexity index is 379. The van der Waals surface area contributed by atoms with E-state index in [9.17, 15) is 17.6 Å². The van der Waals surface area contributed by atoms with Crippen LogP contribution >= 0.6 is 0 Å². The van der Waals surface area contributed by atoms with Gasteiger partial charge in [0.25, 0.3) is 0 Å². The molecule has 0 bridgehead atoms. The molecule has 0 amide bonds. The third kappa shape index (κ3) is 2.74. The topological polar surface area (TPSA) is 31.4 Å². The highest BCUT2D eigenvalue weighted by molar-refractivity contribution is 5.44. The summed E-state index contributed by atoms with van der Waals surface area (Å²) in [5.41, 5.74) is -0.259.